The number of ether oxygens (including phenoxy) is 1. The molecule has 0 saturated heterocycles. The first-order valence-electron chi connectivity index (χ1n) is 6.45. The SMILES string of the molecule is COc1ccc([C@H](C)NC(=S)NCCCSC)cc1F. The Morgan fingerprint density at radius 2 is 2.25 bits per heavy atom. The third-order valence-corrected chi connectivity index (χ3v) is 3.79. The molecule has 0 aliphatic rings. The molecule has 3 nitrogen and oxygen atoms in total. The standard InChI is InChI=1S/C14H21FN2OS2/c1-10(17-14(19)16-7-4-8-20-3)11-5-6-13(18-2)12(15)9-11/h5-6,9-10H,4,7-8H2,1-3H3,(H2,16,17,19)/t10-/m0/s1. The van der Waals surface area contributed by atoms with Crippen molar-refractivity contribution in [2.24, 2.45) is 0 Å². The van der Waals surface area contributed by atoms with Gasteiger partial charge < -0.3 is 15.4 Å². The molecule has 0 unspecified atom stereocenters. The van der Waals surface area contributed by atoms with E-state index in [-0.39, 0.29) is 17.6 Å². The van der Waals surface area contributed by atoms with E-state index in [0.29, 0.717) is 5.11 Å². The smallest absolute Gasteiger partial charge is 0.166 e. The molecule has 0 saturated carbocycles. The number of hydrogen-bond acceptors (Lipinski definition) is 3. The van der Waals surface area contributed by atoms with Gasteiger partial charge in [-0.2, -0.15) is 11.8 Å². The highest BCUT2D eigenvalue weighted by Crippen LogP contribution is 2.21. The van der Waals surface area contributed by atoms with Gasteiger partial charge in [-0.25, -0.2) is 4.39 Å². The molecule has 0 amide bonds. The predicted octanol–water partition coefficient (Wildman–Crippen LogP) is 3.11. The zero-order chi connectivity index (χ0) is 15.0. The van der Waals surface area contributed by atoms with Gasteiger partial charge >= 0.3 is 0 Å². The van der Waals surface area contributed by atoms with Crippen LogP contribution in [0.2, 0.25) is 0 Å². The van der Waals surface area contributed by atoms with Crippen LogP contribution < -0.4 is 15.4 Å². The molecule has 20 heavy (non-hydrogen) atoms. The molecule has 2 N–H and O–H groups in total. The maximum Gasteiger partial charge on any atom is 0.166 e. The summed E-state index contributed by atoms with van der Waals surface area (Å²) >= 11 is 7.03. The van der Waals surface area contributed by atoms with Crippen LogP contribution in [0.1, 0.15) is 24.9 Å². The number of benzene rings is 1. The van der Waals surface area contributed by atoms with Crippen LogP contribution in [0.15, 0.2) is 18.2 Å². The second-order valence-electron chi connectivity index (χ2n) is 4.36. The number of thiocarbonyl (C=S) groups is 1. The fraction of sp³-hybridized carbons (Fsp3) is 0.500. The van der Waals surface area contributed by atoms with Crippen molar-refractivity contribution in [1.29, 1.82) is 0 Å². The third kappa shape index (κ3) is 5.54. The Hall–Kier alpha value is -1.01. The molecule has 0 aromatic heterocycles. The van der Waals surface area contributed by atoms with E-state index in [1.807, 2.05) is 24.8 Å². The molecule has 0 heterocycles. The Kier molecular flexibility index (Phi) is 7.69. The minimum Gasteiger partial charge on any atom is -0.494 e. The van der Waals surface area contributed by atoms with Gasteiger partial charge in [-0.05, 0) is 55.3 Å². The van der Waals surface area contributed by atoms with Crippen LogP contribution in [0.3, 0.4) is 0 Å². The minimum atomic E-state index is -0.363. The van der Waals surface area contributed by atoms with Crippen LogP contribution in [0.5, 0.6) is 5.75 Å². The van der Waals surface area contributed by atoms with E-state index >= 15 is 0 Å². The molecule has 0 fully saturated rings. The summed E-state index contributed by atoms with van der Waals surface area (Å²) in [4.78, 5) is 0. The second kappa shape index (κ2) is 9.02. The zero-order valence-corrected chi connectivity index (χ0v) is 13.7. The predicted molar refractivity (Wildman–Crippen MR) is 88.1 cm³/mol. The molecule has 112 valence electrons. The van der Waals surface area contributed by atoms with Crippen molar-refractivity contribution in [3.63, 3.8) is 0 Å². The van der Waals surface area contributed by atoms with Crippen molar-refractivity contribution in [2.45, 2.75) is 19.4 Å². The summed E-state index contributed by atoms with van der Waals surface area (Å²) in [5.41, 5.74) is 0.830. The van der Waals surface area contributed by atoms with Crippen molar-refractivity contribution in [2.75, 3.05) is 25.7 Å². The van der Waals surface area contributed by atoms with E-state index in [1.165, 1.54) is 13.2 Å². The summed E-state index contributed by atoms with van der Waals surface area (Å²) in [6.45, 7) is 2.79. The van der Waals surface area contributed by atoms with Gasteiger partial charge in [0, 0.05) is 6.54 Å². The average molecular weight is 316 g/mol. The summed E-state index contributed by atoms with van der Waals surface area (Å²) in [5.74, 6) is 0.991. The van der Waals surface area contributed by atoms with Gasteiger partial charge in [0.15, 0.2) is 16.7 Å². The fourth-order valence-electron chi connectivity index (χ4n) is 1.70. The van der Waals surface area contributed by atoms with Crippen LogP contribution >= 0.6 is 24.0 Å². The Morgan fingerprint density at radius 3 is 2.85 bits per heavy atom. The van der Waals surface area contributed by atoms with Crippen molar-refractivity contribution in [3.05, 3.63) is 29.6 Å². The topological polar surface area (TPSA) is 33.3 Å². The molecule has 0 aliphatic carbocycles. The molecular formula is C14H21FN2OS2. The molecule has 0 radical (unpaired) electrons. The lowest BCUT2D eigenvalue weighted by Gasteiger charge is -2.18. The van der Waals surface area contributed by atoms with Crippen molar-refractivity contribution >= 4 is 29.1 Å². The lowest BCUT2D eigenvalue weighted by molar-refractivity contribution is 0.386. The Balaban J connectivity index is 2.47. The van der Waals surface area contributed by atoms with Gasteiger partial charge in [-0.15, -0.1) is 0 Å². The van der Waals surface area contributed by atoms with E-state index in [4.69, 9.17) is 17.0 Å². The maximum atomic E-state index is 13.6. The monoisotopic (exact) mass is 316 g/mol. The number of hydrogen-bond donors (Lipinski definition) is 2. The molecule has 1 rings (SSSR count). The molecule has 6 heteroatoms. The average Bonchev–Trinajstić information content (AvgIpc) is 2.43. The second-order valence-corrected chi connectivity index (χ2v) is 5.76. The van der Waals surface area contributed by atoms with Gasteiger partial charge in [0.05, 0.1) is 13.2 Å². The van der Waals surface area contributed by atoms with E-state index in [9.17, 15) is 4.39 Å². The van der Waals surface area contributed by atoms with Crippen molar-refractivity contribution < 1.29 is 9.13 Å². The molecule has 1 aromatic carbocycles. The molecule has 1 atom stereocenters. The molecule has 0 bridgehead atoms. The number of methoxy groups -OCH3 is 1. The summed E-state index contributed by atoms with van der Waals surface area (Å²) in [6, 6.07) is 4.86. The van der Waals surface area contributed by atoms with Crippen LogP contribution in [0, 0.1) is 5.82 Å². The van der Waals surface area contributed by atoms with Crippen molar-refractivity contribution in [1.82, 2.24) is 10.6 Å². The highest BCUT2D eigenvalue weighted by Gasteiger charge is 2.10. The molecule has 1 aromatic rings. The number of nitrogens with one attached hydrogen (secondary N) is 2. The van der Waals surface area contributed by atoms with Gasteiger partial charge in [0.25, 0.3) is 0 Å². The lowest BCUT2D eigenvalue weighted by atomic mass is 10.1. The van der Waals surface area contributed by atoms with E-state index in [1.54, 1.807) is 6.07 Å². The van der Waals surface area contributed by atoms with Crippen LogP contribution in [0.4, 0.5) is 4.39 Å². The van der Waals surface area contributed by atoms with E-state index in [2.05, 4.69) is 16.9 Å². The Bertz CT molecular complexity index is 443. The highest BCUT2D eigenvalue weighted by molar-refractivity contribution is 7.98. The summed E-state index contributed by atoms with van der Waals surface area (Å²) in [5, 5.41) is 6.88. The first-order chi connectivity index (χ1) is 9.58. The van der Waals surface area contributed by atoms with Gasteiger partial charge in [-0.1, -0.05) is 6.07 Å². The van der Waals surface area contributed by atoms with E-state index < -0.39 is 0 Å². The Morgan fingerprint density at radius 1 is 1.50 bits per heavy atom. The zero-order valence-electron chi connectivity index (χ0n) is 12.0. The van der Waals surface area contributed by atoms with Crippen LogP contribution in [0.25, 0.3) is 0 Å². The van der Waals surface area contributed by atoms with Crippen LogP contribution in [-0.4, -0.2) is 30.8 Å². The number of thioether (sulfide) groups is 1. The van der Waals surface area contributed by atoms with Crippen molar-refractivity contribution in [3.8, 4) is 5.75 Å². The van der Waals surface area contributed by atoms with Crippen LogP contribution in [-0.2, 0) is 0 Å². The van der Waals surface area contributed by atoms with Gasteiger partial charge in [-0.3, -0.25) is 0 Å². The van der Waals surface area contributed by atoms with Gasteiger partial charge in [0.2, 0.25) is 0 Å². The third-order valence-electron chi connectivity index (χ3n) is 2.83. The van der Waals surface area contributed by atoms with E-state index in [0.717, 1.165) is 24.3 Å². The van der Waals surface area contributed by atoms with Gasteiger partial charge in [0.1, 0.15) is 0 Å². The molecule has 0 spiro atoms. The highest BCUT2D eigenvalue weighted by atomic mass is 32.2. The minimum absolute atomic E-state index is 0.0593. The quantitative estimate of drug-likeness (QED) is 0.597. The number of rotatable bonds is 7. The maximum absolute atomic E-state index is 13.6. The lowest BCUT2D eigenvalue weighted by Crippen LogP contribution is -2.37. The fourth-order valence-corrected chi connectivity index (χ4v) is 2.41. The summed E-state index contributed by atoms with van der Waals surface area (Å²) in [6.07, 6.45) is 3.14. The normalized spacial score (nSPS) is 11.8. The number of halogens is 1. The molecule has 0 aliphatic heterocycles. The Labute approximate surface area is 129 Å². The summed E-state index contributed by atoms with van der Waals surface area (Å²) < 4.78 is 18.5. The first kappa shape index (κ1) is 17.0. The largest absolute Gasteiger partial charge is 0.494 e. The molecular weight excluding hydrogens is 295 g/mol. The summed E-state index contributed by atoms with van der Waals surface area (Å²) in [7, 11) is 1.45. The first-order valence-corrected chi connectivity index (χ1v) is 8.25.